The molecule has 2 saturated carbocycles. The van der Waals surface area contributed by atoms with E-state index in [-0.39, 0.29) is 6.04 Å². The van der Waals surface area contributed by atoms with Gasteiger partial charge in [0.25, 0.3) is 0 Å². The number of rotatable bonds is 4. The number of amides is 2. The largest absolute Gasteiger partial charge is 0.340 e. The molecule has 2 aliphatic carbocycles. The predicted molar refractivity (Wildman–Crippen MR) is 105 cm³/mol. The number of nitrogens with zero attached hydrogens (tertiary/aromatic N) is 3. The van der Waals surface area contributed by atoms with Gasteiger partial charge in [-0.25, -0.2) is 0 Å². The van der Waals surface area contributed by atoms with Gasteiger partial charge in [-0.1, -0.05) is 19.3 Å². The quantitative estimate of drug-likeness (QED) is 0.750. The van der Waals surface area contributed by atoms with Gasteiger partial charge in [-0.3, -0.25) is 14.5 Å². The maximum Gasteiger partial charge on any atom is 0.240 e. The van der Waals surface area contributed by atoms with Gasteiger partial charge in [0.15, 0.2) is 0 Å². The van der Waals surface area contributed by atoms with E-state index in [9.17, 15) is 9.59 Å². The third-order valence-corrected chi connectivity index (χ3v) is 7.84. The Labute approximate surface area is 161 Å². The second-order valence-corrected chi connectivity index (χ2v) is 9.64. The lowest BCUT2D eigenvalue weighted by Crippen LogP contribution is -2.59. The van der Waals surface area contributed by atoms with E-state index in [2.05, 4.69) is 14.7 Å². The van der Waals surface area contributed by atoms with E-state index in [1.807, 2.05) is 11.8 Å². The molecule has 26 heavy (non-hydrogen) atoms. The topological polar surface area (TPSA) is 43.9 Å². The van der Waals surface area contributed by atoms with Crippen LogP contribution in [-0.2, 0) is 9.59 Å². The van der Waals surface area contributed by atoms with Gasteiger partial charge in [0.1, 0.15) is 0 Å². The molecule has 0 aromatic carbocycles. The fourth-order valence-corrected chi connectivity index (χ4v) is 5.94. The molecular weight excluding hydrogens is 346 g/mol. The number of carbonyl (C=O) groups is 2. The molecule has 0 aromatic rings. The lowest BCUT2D eigenvalue weighted by atomic mass is 9.84. The van der Waals surface area contributed by atoms with Crippen LogP contribution >= 0.6 is 11.8 Å². The Balaban J connectivity index is 1.39. The molecule has 1 atom stereocenters. The number of hydrogen-bond acceptors (Lipinski definition) is 4. The zero-order valence-electron chi connectivity index (χ0n) is 15.9. The minimum Gasteiger partial charge on any atom is -0.340 e. The summed E-state index contributed by atoms with van der Waals surface area (Å²) in [6, 6.07) is 0.0570. The number of thioether (sulfide) groups is 1. The molecule has 4 fully saturated rings. The maximum atomic E-state index is 13.4. The molecule has 2 heterocycles. The van der Waals surface area contributed by atoms with Crippen LogP contribution in [0.3, 0.4) is 0 Å². The molecule has 2 saturated heterocycles. The summed E-state index contributed by atoms with van der Waals surface area (Å²) in [5.41, 5.74) is 0. The Morgan fingerprint density at radius 3 is 2.00 bits per heavy atom. The molecule has 0 radical (unpaired) electrons. The van der Waals surface area contributed by atoms with Gasteiger partial charge >= 0.3 is 0 Å². The molecule has 5 nitrogen and oxygen atoms in total. The summed E-state index contributed by atoms with van der Waals surface area (Å²) >= 11 is 1.96. The summed E-state index contributed by atoms with van der Waals surface area (Å²) < 4.78 is 0. The SMILES string of the molecule is O=C(C1CCC1)N1CCN(C(C(=O)N2CCSCC2)C2CCCC2)CC1. The maximum absolute atomic E-state index is 13.4. The summed E-state index contributed by atoms with van der Waals surface area (Å²) in [4.78, 5) is 32.5. The van der Waals surface area contributed by atoms with Crippen LogP contribution in [0.4, 0.5) is 0 Å². The van der Waals surface area contributed by atoms with Crippen molar-refractivity contribution in [3.8, 4) is 0 Å². The van der Waals surface area contributed by atoms with Gasteiger partial charge in [-0.2, -0.15) is 11.8 Å². The van der Waals surface area contributed by atoms with Crippen molar-refractivity contribution in [2.45, 2.75) is 51.0 Å². The zero-order valence-corrected chi connectivity index (χ0v) is 16.7. The first-order valence-corrected chi connectivity index (χ1v) is 11.8. The fraction of sp³-hybridized carbons (Fsp3) is 0.900. The average molecular weight is 380 g/mol. The molecule has 2 amide bonds. The summed E-state index contributed by atoms with van der Waals surface area (Å²) in [5, 5.41) is 0. The Hall–Kier alpha value is -0.750. The second kappa shape index (κ2) is 8.51. The Bertz CT molecular complexity index is 505. The van der Waals surface area contributed by atoms with Crippen molar-refractivity contribution < 1.29 is 9.59 Å². The molecule has 0 N–H and O–H groups in total. The van der Waals surface area contributed by atoms with Gasteiger partial charge in [0.2, 0.25) is 11.8 Å². The summed E-state index contributed by atoms with van der Waals surface area (Å²) in [6.07, 6.45) is 8.29. The number of carbonyl (C=O) groups excluding carboxylic acids is 2. The van der Waals surface area contributed by atoms with Crippen LogP contribution in [0.5, 0.6) is 0 Å². The normalized spacial score (nSPS) is 27.4. The van der Waals surface area contributed by atoms with Crippen molar-refractivity contribution in [2.75, 3.05) is 50.8 Å². The minimum atomic E-state index is 0.0570. The smallest absolute Gasteiger partial charge is 0.240 e. The third-order valence-electron chi connectivity index (χ3n) is 6.90. The molecule has 4 rings (SSSR count). The Kier molecular flexibility index (Phi) is 6.09. The lowest BCUT2D eigenvalue weighted by molar-refractivity contribution is -0.143. The molecule has 4 aliphatic rings. The van der Waals surface area contributed by atoms with E-state index in [1.165, 1.54) is 32.1 Å². The highest BCUT2D eigenvalue weighted by Gasteiger charge is 2.40. The van der Waals surface area contributed by atoms with Crippen molar-refractivity contribution in [1.29, 1.82) is 0 Å². The van der Waals surface area contributed by atoms with Crippen LogP contribution in [0.2, 0.25) is 0 Å². The van der Waals surface area contributed by atoms with Crippen molar-refractivity contribution in [2.24, 2.45) is 11.8 Å². The second-order valence-electron chi connectivity index (χ2n) is 8.42. The first kappa shape index (κ1) is 18.6. The van der Waals surface area contributed by atoms with Crippen molar-refractivity contribution in [3.05, 3.63) is 0 Å². The lowest BCUT2D eigenvalue weighted by Gasteiger charge is -2.44. The minimum absolute atomic E-state index is 0.0570. The molecule has 6 heteroatoms. The van der Waals surface area contributed by atoms with Crippen LogP contribution in [-0.4, -0.2) is 83.3 Å². The van der Waals surface area contributed by atoms with E-state index in [0.717, 1.165) is 63.6 Å². The van der Waals surface area contributed by atoms with Gasteiger partial charge in [-0.15, -0.1) is 0 Å². The Morgan fingerprint density at radius 1 is 0.769 bits per heavy atom. The van der Waals surface area contributed by atoms with Crippen LogP contribution in [0.1, 0.15) is 44.9 Å². The third kappa shape index (κ3) is 3.91. The highest BCUT2D eigenvalue weighted by Crippen LogP contribution is 2.33. The van der Waals surface area contributed by atoms with E-state index < -0.39 is 0 Å². The van der Waals surface area contributed by atoms with Crippen molar-refractivity contribution in [1.82, 2.24) is 14.7 Å². The molecule has 1 unspecified atom stereocenters. The molecular formula is C20H33N3O2S. The molecule has 146 valence electrons. The van der Waals surface area contributed by atoms with Crippen molar-refractivity contribution >= 4 is 23.6 Å². The highest BCUT2D eigenvalue weighted by molar-refractivity contribution is 7.99. The highest BCUT2D eigenvalue weighted by atomic mass is 32.2. The van der Waals surface area contributed by atoms with Crippen LogP contribution in [0.25, 0.3) is 0 Å². The molecule has 0 bridgehead atoms. The first-order chi connectivity index (χ1) is 12.7. The number of hydrogen-bond donors (Lipinski definition) is 0. The molecule has 0 spiro atoms. The van der Waals surface area contributed by atoms with Gasteiger partial charge in [0, 0.05) is 56.7 Å². The van der Waals surface area contributed by atoms with E-state index in [4.69, 9.17) is 0 Å². The molecule has 2 aliphatic heterocycles. The molecule has 0 aromatic heterocycles. The summed E-state index contributed by atoms with van der Waals surface area (Å²) in [6.45, 7) is 5.17. The average Bonchev–Trinajstić information content (AvgIpc) is 3.16. The van der Waals surface area contributed by atoms with Crippen LogP contribution in [0.15, 0.2) is 0 Å². The summed E-state index contributed by atoms with van der Waals surface area (Å²) in [5.74, 6) is 3.70. The zero-order chi connectivity index (χ0) is 17.9. The first-order valence-electron chi connectivity index (χ1n) is 10.6. The van der Waals surface area contributed by atoms with E-state index in [0.29, 0.717) is 23.7 Å². The standard InChI is InChI=1S/C20H33N3O2S/c24-19(17-6-3-7-17)22-10-8-21(9-11-22)18(16-4-1-2-5-16)20(25)23-12-14-26-15-13-23/h16-18H,1-15H2. The van der Waals surface area contributed by atoms with E-state index >= 15 is 0 Å². The van der Waals surface area contributed by atoms with Crippen LogP contribution in [0, 0.1) is 11.8 Å². The van der Waals surface area contributed by atoms with E-state index in [1.54, 1.807) is 0 Å². The Morgan fingerprint density at radius 2 is 1.42 bits per heavy atom. The summed E-state index contributed by atoms with van der Waals surface area (Å²) in [7, 11) is 0. The van der Waals surface area contributed by atoms with Gasteiger partial charge in [-0.05, 0) is 31.6 Å². The van der Waals surface area contributed by atoms with Gasteiger partial charge < -0.3 is 9.80 Å². The number of piperazine rings is 1. The van der Waals surface area contributed by atoms with Crippen LogP contribution < -0.4 is 0 Å². The van der Waals surface area contributed by atoms with Crippen molar-refractivity contribution in [3.63, 3.8) is 0 Å². The monoisotopic (exact) mass is 379 g/mol. The predicted octanol–water partition coefficient (Wildman–Crippen LogP) is 2.06. The fourth-order valence-electron chi connectivity index (χ4n) is 5.03. The van der Waals surface area contributed by atoms with Gasteiger partial charge in [0.05, 0.1) is 6.04 Å².